The highest BCUT2D eigenvalue weighted by atomic mass is 79.9. The van der Waals surface area contributed by atoms with Gasteiger partial charge in [-0.3, -0.25) is 9.58 Å². The number of halogens is 1. The first kappa shape index (κ1) is 14.5. The smallest absolute Gasteiger partial charge is 0.124 e. The quantitative estimate of drug-likeness (QED) is 0.904. The van der Waals surface area contributed by atoms with Crippen LogP contribution in [0.1, 0.15) is 31.4 Å². The van der Waals surface area contributed by atoms with Gasteiger partial charge in [0.05, 0.1) is 29.5 Å². The highest BCUT2D eigenvalue weighted by Crippen LogP contribution is 2.44. The molecule has 0 spiro atoms. The molecule has 0 aliphatic carbocycles. The van der Waals surface area contributed by atoms with E-state index in [9.17, 15) is 5.11 Å². The zero-order chi connectivity index (χ0) is 14.2. The Morgan fingerprint density at radius 2 is 2.35 bits per heavy atom. The molecule has 2 unspecified atom stereocenters. The van der Waals surface area contributed by atoms with Crippen molar-refractivity contribution in [2.75, 3.05) is 26.8 Å². The largest absolute Gasteiger partial charge is 0.383 e. The molecular weight excluding hydrogens is 322 g/mol. The van der Waals surface area contributed by atoms with Crippen molar-refractivity contribution in [1.29, 1.82) is 0 Å². The van der Waals surface area contributed by atoms with Crippen LogP contribution in [0.2, 0.25) is 0 Å². The normalized spacial score (nSPS) is 30.6. The second-order valence-electron chi connectivity index (χ2n) is 5.78. The summed E-state index contributed by atoms with van der Waals surface area (Å²) in [6, 6.07) is 0.227. The third kappa shape index (κ3) is 2.32. The lowest BCUT2D eigenvalue weighted by Gasteiger charge is -2.37. The zero-order valence-corrected chi connectivity index (χ0v) is 13.5. The van der Waals surface area contributed by atoms with Gasteiger partial charge in [0.15, 0.2) is 0 Å². The number of rotatable bonds is 4. The highest BCUT2D eigenvalue weighted by molar-refractivity contribution is 9.10. The molecule has 0 aromatic carbocycles. The van der Waals surface area contributed by atoms with Gasteiger partial charge in [0.2, 0.25) is 0 Å². The van der Waals surface area contributed by atoms with E-state index in [-0.39, 0.29) is 6.04 Å². The fourth-order valence-electron chi connectivity index (χ4n) is 3.70. The third-order valence-corrected chi connectivity index (χ3v) is 5.24. The molecule has 2 fully saturated rings. The van der Waals surface area contributed by atoms with E-state index in [0.717, 1.165) is 36.1 Å². The lowest BCUT2D eigenvalue weighted by atomic mass is 9.86. The van der Waals surface area contributed by atoms with Crippen LogP contribution in [0.3, 0.4) is 0 Å². The second-order valence-corrected chi connectivity index (χ2v) is 6.63. The minimum atomic E-state index is -0.788. The monoisotopic (exact) mass is 343 g/mol. The zero-order valence-electron chi connectivity index (χ0n) is 11.9. The fraction of sp³-hybridized carbons (Fsp3) is 0.786. The molecule has 0 radical (unpaired) electrons. The Morgan fingerprint density at radius 3 is 3.15 bits per heavy atom. The summed E-state index contributed by atoms with van der Waals surface area (Å²) < 4.78 is 7.94. The third-order valence-electron chi connectivity index (χ3n) is 4.66. The van der Waals surface area contributed by atoms with Gasteiger partial charge >= 0.3 is 0 Å². The van der Waals surface area contributed by atoms with Crippen LogP contribution >= 0.6 is 15.9 Å². The topological polar surface area (TPSA) is 50.5 Å². The van der Waals surface area contributed by atoms with Crippen LogP contribution in [-0.4, -0.2) is 52.6 Å². The Bertz CT molecular complexity index is 479. The van der Waals surface area contributed by atoms with E-state index < -0.39 is 5.60 Å². The fourth-order valence-corrected chi connectivity index (χ4v) is 4.34. The minimum absolute atomic E-state index is 0.227. The molecule has 1 N–H and O–H groups in total. The van der Waals surface area contributed by atoms with Crippen LogP contribution in [0.5, 0.6) is 0 Å². The van der Waals surface area contributed by atoms with Crippen molar-refractivity contribution in [2.45, 2.75) is 43.9 Å². The van der Waals surface area contributed by atoms with E-state index in [1.54, 1.807) is 13.3 Å². The van der Waals surface area contributed by atoms with E-state index >= 15 is 0 Å². The van der Waals surface area contributed by atoms with Crippen molar-refractivity contribution in [2.24, 2.45) is 0 Å². The molecule has 112 valence electrons. The summed E-state index contributed by atoms with van der Waals surface area (Å²) >= 11 is 3.57. The van der Waals surface area contributed by atoms with Crippen molar-refractivity contribution >= 4 is 15.9 Å². The summed E-state index contributed by atoms with van der Waals surface area (Å²) in [7, 11) is 1.69. The van der Waals surface area contributed by atoms with Crippen molar-refractivity contribution in [3.05, 3.63) is 16.4 Å². The summed E-state index contributed by atoms with van der Waals surface area (Å²) in [6.07, 6.45) is 6.09. The van der Waals surface area contributed by atoms with Gasteiger partial charge in [-0.25, -0.2) is 0 Å². The molecule has 0 amide bonds. The Hall–Kier alpha value is -0.430. The first-order chi connectivity index (χ1) is 9.66. The average Bonchev–Trinajstić information content (AvgIpc) is 2.99. The van der Waals surface area contributed by atoms with Crippen molar-refractivity contribution < 1.29 is 9.84 Å². The van der Waals surface area contributed by atoms with Gasteiger partial charge in [-0.05, 0) is 41.7 Å². The maximum absolute atomic E-state index is 11.3. The molecule has 2 atom stereocenters. The van der Waals surface area contributed by atoms with Crippen molar-refractivity contribution in [3.8, 4) is 0 Å². The molecule has 0 bridgehead atoms. The van der Waals surface area contributed by atoms with Crippen LogP contribution in [0, 0.1) is 0 Å². The number of hydrogen-bond donors (Lipinski definition) is 1. The Morgan fingerprint density at radius 1 is 1.50 bits per heavy atom. The lowest BCUT2D eigenvalue weighted by Crippen LogP contribution is -2.46. The van der Waals surface area contributed by atoms with E-state index in [2.05, 4.69) is 25.9 Å². The Balaban J connectivity index is 1.92. The number of aliphatic hydroxyl groups is 1. The second kappa shape index (κ2) is 5.75. The molecule has 3 rings (SSSR count). The summed E-state index contributed by atoms with van der Waals surface area (Å²) in [5, 5.41) is 15.7. The molecule has 2 aliphatic heterocycles. The van der Waals surface area contributed by atoms with Gasteiger partial charge in [0.1, 0.15) is 5.60 Å². The van der Waals surface area contributed by atoms with Gasteiger partial charge < -0.3 is 9.84 Å². The summed E-state index contributed by atoms with van der Waals surface area (Å²) in [5.74, 6) is 0. The van der Waals surface area contributed by atoms with Gasteiger partial charge in [-0.15, -0.1) is 0 Å². The summed E-state index contributed by atoms with van der Waals surface area (Å²) in [5.41, 5.74) is 0.132. The Labute approximate surface area is 128 Å². The molecular formula is C14H22BrN3O2. The average molecular weight is 344 g/mol. The number of methoxy groups -OCH3 is 1. The van der Waals surface area contributed by atoms with Crippen molar-refractivity contribution in [1.82, 2.24) is 14.7 Å². The van der Waals surface area contributed by atoms with Gasteiger partial charge in [0, 0.05) is 19.7 Å². The van der Waals surface area contributed by atoms with Gasteiger partial charge in [-0.2, -0.15) is 5.10 Å². The molecule has 1 aromatic rings. The molecule has 5 nitrogen and oxygen atoms in total. The SMILES string of the molecule is COCCn1ncc(Br)c1C1(O)CCN2CCCCC21. The minimum Gasteiger partial charge on any atom is -0.383 e. The number of ether oxygens (including phenoxy) is 1. The molecule has 2 saturated heterocycles. The van der Waals surface area contributed by atoms with E-state index in [1.807, 2.05) is 4.68 Å². The lowest BCUT2D eigenvalue weighted by molar-refractivity contribution is -0.0221. The molecule has 3 heterocycles. The maximum Gasteiger partial charge on any atom is 0.124 e. The molecule has 20 heavy (non-hydrogen) atoms. The molecule has 2 aliphatic rings. The predicted molar refractivity (Wildman–Crippen MR) is 79.5 cm³/mol. The molecule has 0 saturated carbocycles. The van der Waals surface area contributed by atoms with Crippen LogP contribution in [0.4, 0.5) is 0 Å². The number of hydrogen-bond acceptors (Lipinski definition) is 4. The Kier molecular flexibility index (Phi) is 4.17. The van der Waals surface area contributed by atoms with E-state index in [0.29, 0.717) is 13.2 Å². The number of aromatic nitrogens is 2. The molecule has 1 aromatic heterocycles. The molecule has 6 heteroatoms. The van der Waals surface area contributed by atoms with Crippen LogP contribution in [0.25, 0.3) is 0 Å². The summed E-state index contributed by atoms with van der Waals surface area (Å²) in [6.45, 7) is 3.36. The highest BCUT2D eigenvalue weighted by Gasteiger charge is 2.50. The van der Waals surface area contributed by atoms with E-state index in [4.69, 9.17) is 4.74 Å². The first-order valence-electron chi connectivity index (χ1n) is 7.34. The summed E-state index contributed by atoms with van der Waals surface area (Å²) in [4.78, 5) is 2.43. The van der Waals surface area contributed by atoms with Crippen LogP contribution in [0.15, 0.2) is 10.7 Å². The maximum atomic E-state index is 11.3. The van der Waals surface area contributed by atoms with Crippen molar-refractivity contribution in [3.63, 3.8) is 0 Å². The first-order valence-corrected chi connectivity index (χ1v) is 8.13. The predicted octanol–water partition coefficient (Wildman–Crippen LogP) is 1.74. The number of nitrogens with zero attached hydrogens (tertiary/aromatic N) is 3. The van der Waals surface area contributed by atoms with Crippen LogP contribution in [-0.2, 0) is 16.9 Å². The number of fused-ring (bicyclic) bond motifs is 1. The van der Waals surface area contributed by atoms with E-state index in [1.165, 1.54) is 12.8 Å². The number of piperidine rings is 1. The van der Waals surface area contributed by atoms with Crippen LogP contribution < -0.4 is 0 Å². The standard InChI is InChI=1S/C14H22BrN3O2/c1-20-9-8-18-13(11(15)10-16-18)14(19)5-7-17-6-3-2-4-12(14)17/h10,12,19H,2-9H2,1H3. The van der Waals surface area contributed by atoms with Gasteiger partial charge in [0.25, 0.3) is 0 Å². The van der Waals surface area contributed by atoms with Gasteiger partial charge in [-0.1, -0.05) is 6.42 Å².